The van der Waals surface area contributed by atoms with E-state index in [4.69, 9.17) is 18.9 Å². The summed E-state index contributed by atoms with van der Waals surface area (Å²) in [5, 5.41) is 0. The van der Waals surface area contributed by atoms with E-state index in [2.05, 4.69) is 0 Å². The zero-order chi connectivity index (χ0) is 32.0. The molecule has 0 aliphatic rings. The molecule has 232 valence electrons. The molecule has 3 aromatic rings. The molecule has 0 saturated carbocycles. The van der Waals surface area contributed by atoms with Gasteiger partial charge in [-0.3, -0.25) is 0 Å². The second-order valence-corrected chi connectivity index (χ2v) is 16.6. The summed E-state index contributed by atoms with van der Waals surface area (Å²) in [6, 6.07) is 24.3. The van der Waals surface area contributed by atoms with Gasteiger partial charge in [0.25, 0.3) is 0 Å². The molecule has 0 radical (unpaired) electrons. The molecule has 0 heterocycles. The van der Waals surface area contributed by atoms with Crippen LogP contribution in [0.25, 0.3) is 0 Å². The molecule has 0 amide bonds. The fraction of sp³-hybridized carbons (Fsp3) is 0.286. The molecule has 0 spiro atoms. The maximum atomic E-state index is 12.5. The average molecular weight is 685 g/mol. The van der Waals surface area contributed by atoms with Gasteiger partial charge in [0.2, 0.25) is 9.79 Å². The van der Waals surface area contributed by atoms with E-state index in [0.29, 0.717) is 11.5 Å². The molecule has 14 heteroatoms. The Morgan fingerprint density at radius 3 is 1.21 bits per heavy atom. The molecule has 0 unspecified atom stereocenters. The van der Waals surface area contributed by atoms with Crippen LogP contribution >= 0.6 is 0 Å². The fourth-order valence-electron chi connectivity index (χ4n) is 3.06. The van der Waals surface area contributed by atoms with E-state index in [0.717, 1.165) is 14.7 Å². The third-order valence-electron chi connectivity index (χ3n) is 4.28. The van der Waals surface area contributed by atoms with Gasteiger partial charge in [-0.25, -0.2) is 9.59 Å². The summed E-state index contributed by atoms with van der Waals surface area (Å²) in [6.07, 6.45) is -1.58. The average Bonchev–Trinajstić information content (AvgIpc) is 2.77. The summed E-state index contributed by atoms with van der Waals surface area (Å²) < 4.78 is 81.5. The summed E-state index contributed by atoms with van der Waals surface area (Å²) in [6.45, 7) is 10.7. The summed E-state index contributed by atoms with van der Waals surface area (Å²) in [4.78, 5) is 27.4. The van der Waals surface area contributed by atoms with E-state index in [1.165, 1.54) is 0 Å². The minimum atomic E-state index is -11.1. The first-order valence-corrected chi connectivity index (χ1v) is 17.7. The first-order valence-electron chi connectivity index (χ1n) is 12.2. The van der Waals surface area contributed by atoms with E-state index in [1.807, 2.05) is 54.6 Å². The van der Waals surface area contributed by atoms with Crippen LogP contribution in [0.4, 0.5) is 30.4 Å². The van der Waals surface area contributed by atoms with Gasteiger partial charge in [0, 0.05) is 0 Å². The van der Waals surface area contributed by atoms with Crippen LogP contribution in [0.15, 0.2) is 93.5 Å². The van der Waals surface area contributed by atoms with Crippen molar-refractivity contribution in [3.05, 3.63) is 78.9 Å². The second-order valence-electron chi connectivity index (χ2n) is 10.6. The van der Waals surface area contributed by atoms with Crippen LogP contribution in [0.2, 0.25) is 0 Å². The Morgan fingerprint density at radius 2 is 0.881 bits per heavy atom. The van der Waals surface area contributed by atoms with E-state index < -0.39 is 48.6 Å². The van der Waals surface area contributed by atoms with Gasteiger partial charge in [0.1, 0.15) is 22.1 Å². The number of carbonyl (C=O) groups is 2. The van der Waals surface area contributed by atoms with Crippen molar-refractivity contribution in [3.63, 3.8) is 0 Å². The van der Waals surface area contributed by atoms with E-state index >= 15 is 0 Å². The number of rotatable bonds is 5. The summed E-state index contributed by atoms with van der Waals surface area (Å²) in [7, 11) is -0.782. The van der Waals surface area contributed by atoms with Crippen LogP contribution < -0.4 is 9.47 Å². The van der Waals surface area contributed by atoms with Crippen LogP contribution in [0.1, 0.15) is 41.5 Å². The third kappa shape index (κ3) is 14.5. The van der Waals surface area contributed by atoms with Gasteiger partial charge in [-0.1, -0.05) is 42.5 Å². The topological polar surface area (TPSA) is 71.1 Å². The minimum absolute atomic E-state index is 0.362. The fourth-order valence-corrected chi connectivity index (χ4v) is 5.28. The number of benzene rings is 3. The Morgan fingerprint density at radius 1 is 0.571 bits per heavy atom. The van der Waals surface area contributed by atoms with E-state index in [9.17, 15) is 30.4 Å². The Bertz CT molecular complexity index is 1300. The maximum absolute atomic E-state index is 12.5. The number of hydrogen-bond acceptors (Lipinski definition) is 6. The normalized spacial score (nSPS) is 13.5. The molecule has 6 nitrogen and oxygen atoms in total. The van der Waals surface area contributed by atoms with Crippen LogP contribution in [0, 0.1) is 0 Å². The van der Waals surface area contributed by atoms with Crippen molar-refractivity contribution >= 4 is 37.4 Å². The zero-order valence-electron chi connectivity index (χ0n) is 23.6. The molecule has 0 bridgehead atoms. The molecule has 0 N–H and O–H groups in total. The van der Waals surface area contributed by atoms with Crippen LogP contribution in [0.3, 0.4) is 0 Å². The van der Waals surface area contributed by atoms with E-state index in [-0.39, 0.29) is 0 Å². The van der Waals surface area contributed by atoms with Crippen molar-refractivity contribution in [2.45, 2.75) is 67.4 Å². The Labute approximate surface area is 244 Å². The first kappa shape index (κ1) is 34.9. The molecule has 0 fully saturated rings. The predicted molar refractivity (Wildman–Crippen MR) is 148 cm³/mol. The first-order chi connectivity index (χ1) is 18.9. The Hall–Kier alpha value is -3.31. The molecular weight excluding hydrogens is 653 g/mol. The number of para-hydroxylation sites is 2. The molecule has 3 rings (SSSR count). The summed E-state index contributed by atoms with van der Waals surface area (Å²) in [5.74, 6) is 0.724. The van der Waals surface area contributed by atoms with Crippen molar-refractivity contribution in [2.24, 2.45) is 0 Å². The number of carbonyl (C=O) groups excluding carboxylic acids is 2. The molecular formula is C28H31AsF6O6S. The van der Waals surface area contributed by atoms with Gasteiger partial charge in [-0.2, -0.15) is 0 Å². The summed E-state index contributed by atoms with van der Waals surface area (Å²) in [5.41, 5.74) is -1.39. The molecule has 0 saturated heterocycles. The Kier molecular flexibility index (Phi) is 10.1. The van der Waals surface area contributed by atoms with Crippen molar-refractivity contribution < 1.29 is 49.3 Å². The molecule has 42 heavy (non-hydrogen) atoms. The molecule has 3 aromatic carbocycles. The van der Waals surface area contributed by atoms with Gasteiger partial charge in [0.15, 0.2) is 16.4 Å². The van der Waals surface area contributed by atoms with Gasteiger partial charge in [-0.15, -0.1) is 0 Å². The van der Waals surface area contributed by atoms with E-state index in [1.54, 1.807) is 65.8 Å². The van der Waals surface area contributed by atoms with Crippen LogP contribution in [0.5, 0.6) is 11.5 Å². The monoisotopic (exact) mass is 684 g/mol. The molecule has 0 aliphatic carbocycles. The van der Waals surface area contributed by atoms with Gasteiger partial charge in [-0.05, 0) is 77.9 Å². The Balaban J connectivity index is 0.000000782. The number of ether oxygens (including phenoxy) is 4. The third-order valence-corrected chi connectivity index (χ3v) is 6.58. The van der Waals surface area contributed by atoms with Gasteiger partial charge < -0.3 is 18.9 Å². The predicted octanol–water partition coefficient (Wildman–Crippen LogP) is 9.55. The SMILES string of the molecule is CC(C)(C)OC(=O)Oc1ccccc1[S+](c1ccccc1)c1ccccc1OC(=O)OC(C)(C)C.F[As-](F)(F)(F)(F)F. The molecule has 0 aromatic heterocycles. The molecule has 0 atom stereocenters. The standard InChI is InChI=1S/C28H31O6S.AsF6/c1-27(2,3)33-25(29)31-21-16-10-12-18-23(21)35(20-14-8-7-9-15-20)24-19-13-11-17-22(24)32-26(30)34-28(4,5)6;2-1(3,4,5,6)7/h7-19H,1-6H3;/q+1;-1. The van der Waals surface area contributed by atoms with Gasteiger partial charge >= 0.3 is 47.3 Å². The van der Waals surface area contributed by atoms with Crippen LogP contribution in [-0.4, -0.2) is 37.7 Å². The second kappa shape index (κ2) is 12.1. The van der Waals surface area contributed by atoms with Crippen LogP contribution in [-0.2, 0) is 20.4 Å². The van der Waals surface area contributed by atoms with Crippen molar-refractivity contribution in [3.8, 4) is 11.5 Å². The van der Waals surface area contributed by atoms with Crippen molar-refractivity contribution in [1.82, 2.24) is 0 Å². The molecule has 0 aliphatic heterocycles. The number of halogens is 6. The zero-order valence-corrected chi connectivity index (χ0v) is 26.3. The van der Waals surface area contributed by atoms with Crippen molar-refractivity contribution in [1.29, 1.82) is 0 Å². The quantitative estimate of drug-likeness (QED) is 0.0877. The summed E-state index contributed by atoms with van der Waals surface area (Å²) >= 11 is -11.1. The van der Waals surface area contributed by atoms with Crippen molar-refractivity contribution in [2.75, 3.05) is 0 Å². The number of hydrogen-bond donors (Lipinski definition) is 0. The van der Waals surface area contributed by atoms with Gasteiger partial charge in [0.05, 0.1) is 0 Å².